The first-order valence-electron chi connectivity index (χ1n) is 14.4. The number of likely N-dealkylation sites (N-methyl/N-ethyl adjacent to an activating group) is 1. The van der Waals surface area contributed by atoms with Crippen molar-refractivity contribution in [2.24, 2.45) is 0 Å². The van der Waals surface area contributed by atoms with Crippen molar-refractivity contribution in [1.29, 1.82) is 0 Å². The molecule has 0 aliphatic rings. The number of H-pyrrole nitrogens is 2. The van der Waals surface area contributed by atoms with Gasteiger partial charge in [-0.25, -0.2) is 14.8 Å². The number of anilines is 1. The zero-order valence-electron chi connectivity index (χ0n) is 24.6. The van der Waals surface area contributed by atoms with Gasteiger partial charge in [0.05, 0.1) is 28.7 Å². The Morgan fingerprint density at radius 2 is 1.48 bits per heavy atom. The Morgan fingerprint density at radius 1 is 0.810 bits per heavy atom. The van der Waals surface area contributed by atoms with Crippen LogP contribution in [-0.2, 0) is 4.74 Å². The fourth-order valence-electron chi connectivity index (χ4n) is 4.51. The van der Waals surface area contributed by atoms with E-state index in [2.05, 4.69) is 44.1 Å². The number of hydrogen-bond acceptors (Lipinski definition) is 7. The molecular weight excluding hydrogens is 530 g/mol. The Hall–Kier alpha value is -4.57. The molecule has 0 saturated carbocycles. The predicted octanol–water partition coefficient (Wildman–Crippen LogP) is 6.09. The number of amides is 1. The quantitative estimate of drug-likeness (QED) is 0.115. The number of fused-ring (bicyclic) bond motifs is 2. The molecule has 0 aliphatic carbocycles. The van der Waals surface area contributed by atoms with E-state index in [-0.39, 0.29) is 0 Å². The Morgan fingerprint density at radius 3 is 2.19 bits per heavy atom. The molecule has 2 heterocycles. The first-order chi connectivity index (χ1) is 20.3. The number of hydrogen-bond donors (Lipinski definition) is 5. The predicted molar refractivity (Wildman–Crippen MR) is 168 cm³/mol. The Kier molecular flexibility index (Phi) is 8.92. The van der Waals surface area contributed by atoms with Crippen LogP contribution in [0.1, 0.15) is 33.6 Å². The van der Waals surface area contributed by atoms with Gasteiger partial charge in [0.25, 0.3) is 0 Å². The van der Waals surface area contributed by atoms with Crippen LogP contribution in [0.5, 0.6) is 5.75 Å². The van der Waals surface area contributed by atoms with Gasteiger partial charge in [0.15, 0.2) is 0 Å². The molecular formula is C32H39N7O3. The lowest BCUT2D eigenvalue weighted by atomic mass is 10.2. The molecule has 10 heteroatoms. The third kappa shape index (κ3) is 7.58. The normalized spacial score (nSPS) is 11.6. The second kappa shape index (κ2) is 12.9. The fraction of sp³-hybridized carbons (Fsp3) is 0.344. The Bertz CT molecular complexity index is 1630. The molecule has 0 aliphatic heterocycles. The van der Waals surface area contributed by atoms with Gasteiger partial charge in [-0.2, -0.15) is 0 Å². The van der Waals surface area contributed by atoms with Crippen LogP contribution in [0.15, 0.2) is 60.7 Å². The average molecular weight is 570 g/mol. The molecule has 0 spiro atoms. The molecule has 2 aromatic heterocycles. The molecule has 5 N–H and O–H groups in total. The van der Waals surface area contributed by atoms with Crippen molar-refractivity contribution in [3.05, 3.63) is 60.7 Å². The number of imidazole rings is 2. The summed E-state index contributed by atoms with van der Waals surface area (Å²) >= 11 is 0. The minimum atomic E-state index is -0.491. The van der Waals surface area contributed by atoms with Crippen molar-refractivity contribution in [3.8, 4) is 28.5 Å². The maximum absolute atomic E-state index is 11.7. The van der Waals surface area contributed by atoms with Crippen LogP contribution in [0.4, 0.5) is 10.5 Å². The number of rotatable bonds is 12. The third-order valence-corrected chi connectivity index (χ3v) is 6.58. The number of alkyl carbamates (subject to hydrolysis) is 1. The second-order valence-electron chi connectivity index (χ2n) is 11.2. The van der Waals surface area contributed by atoms with Crippen molar-refractivity contribution < 1.29 is 14.3 Å². The minimum absolute atomic E-state index is 0.391. The lowest BCUT2D eigenvalue weighted by molar-refractivity contribution is 0.0526. The van der Waals surface area contributed by atoms with Crippen LogP contribution in [0.3, 0.4) is 0 Å². The first kappa shape index (κ1) is 28.9. The first-order valence-corrected chi connectivity index (χ1v) is 14.4. The highest BCUT2D eigenvalue weighted by Gasteiger charge is 2.15. The van der Waals surface area contributed by atoms with Gasteiger partial charge >= 0.3 is 6.09 Å². The van der Waals surface area contributed by atoms with Gasteiger partial charge in [-0.3, -0.25) is 0 Å². The van der Waals surface area contributed by atoms with Crippen molar-refractivity contribution in [3.63, 3.8) is 0 Å². The monoisotopic (exact) mass is 569 g/mol. The summed E-state index contributed by atoms with van der Waals surface area (Å²) in [7, 11) is 1.94. The molecule has 5 aromatic rings. The van der Waals surface area contributed by atoms with Crippen LogP contribution in [0, 0.1) is 0 Å². The molecule has 0 unspecified atom stereocenters. The van der Waals surface area contributed by atoms with E-state index in [1.165, 1.54) is 0 Å². The number of benzene rings is 3. The summed E-state index contributed by atoms with van der Waals surface area (Å²) < 4.78 is 11.1. The molecule has 0 atom stereocenters. The van der Waals surface area contributed by atoms with E-state index in [0.717, 1.165) is 82.2 Å². The van der Waals surface area contributed by atoms with E-state index >= 15 is 0 Å². The van der Waals surface area contributed by atoms with Crippen LogP contribution < -0.4 is 20.7 Å². The zero-order valence-corrected chi connectivity index (χ0v) is 24.6. The Labute approximate surface area is 245 Å². The van der Waals surface area contributed by atoms with Crippen LogP contribution >= 0.6 is 0 Å². The Balaban J connectivity index is 1.16. The summed E-state index contributed by atoms with van der Waals surface area (Å²) in [4.78, 5) is 28.2. The van der Waals surface area contributed by atoms with Gasteiger partial charge in [-0.1, -0.05) is 0 Å². The number of carbonyl (C=O) groups is 1. The van der Waals surface area contributed by atoms with Crippen molar-refractivity contribution in [2.45, 2.75) is 39.2 Å². The van der Waals surface area contributed by atoms with E-state index in [1.807, 2.05) is 70.3 Å². The molecule has 42 heavy (non-hydrogen) atoms. The lowest BCUT2D eigenvalue weighted by Gasteiger charge is -2.19. The van der Waals surface area contributed by atoms with Crippen molar-refractivity contribution >= 4 is 33.8 Å². The zero-order chi connectivity index (χ0) is 29.5. The molecule has 0 fully saturated rings. The molecule has 5 rings (SSSR count). The van der Waals surface area contributed by atoms with E-state index < -0.39 is 11.7 Å². The summed E-state index contributed by atoms with van der Waals surface area (Å²) in [6, 6.07) is 20.2. The number of carbonyl (C=O) groups excluding carboxylic acids is 1. The number of nitrogens with zero attached hydrogens (tertiary/aromatic N) is 2. The van der Waals surface area contributed by atoms with Crippen molar-refractivity contribution in [2.75, 3.05) is 38.6 Å². The van der Waals surface area contributed by atoms with E-state index in [1.54, 1.807) is 0 Å². The summed E-state index contributed by atoms with van der Waals surface area (Å²) in [5, 5.41) is 9.32. The van der Waals surface area contributed by atoms with Crippen LogP contribution in [0.25, 0.3) is 44.8 Å². The highest BCUT2D eigenvalue weighted by atomic mass is 16.6. The molecule has 3 aromatic carbocycles. The molecule has 0 saturated heterocycles. The largest absolute Gasteiger partial charge is 0.494 e. The minimum Gasteiger partial charge on any atom is -0.494 e. The van der Waals surface area contributed by atoms with Crippen molar-refractivity contribution in [1.82, 2.24) is 30.6 Å². The smallest absolute Gasteiger partial charge is 0.407 e. The van der Waals surface area contributed by atoms with Gasteiger partial charge in [0.2, 0.25) is 0 Å². The number of aromatic amines is 2. The standard InChI is InChI=1S/C32H39N7O3/c1-32(2,3)42-31(40)35-15-5-6-18-41-24-11-7-21(8-12-24)29-36-25-13-9-22(19-27(25)38-29)30-37-26-14-10-23(20-28(26)39-30)34-17-16-33-4/h7-14,19-20,33-34H,5-6,15-18H2,1-4H3,(H,35,40)(H,36,38)(H,37,39). The lowest BCUT2D eigenvalue weighted by Crippen LogP contribution is -2.33. The molecule has 0 radical (unpaired) electrons. The molecule has 10 nitrogen and oxygen atoms in total. The third-order valence-electron chi connectivity index (χ3n) is 6.58. The second-order valence-corrected chi connectivity index (χ2v) is 11.2. The molecule has 1 amide bonds. The van der Waals surface area contributed by atoms with Gasteiger partial charge in [-0.15, -0.1) is 0 Å². The van der Waals surface area contributed by atoms with Crippen LogP contribution in [0.2, 0.25) is 0 Å². The SMILES string of the molecule is CNCCNc1ccc2nc(-c3ccc4nc(-c5ccc(OCCCCNC(=O)OC(C)(C)C)cc5)[nH]c4c3)[nH]c2c1. The maximum Gasteiger partial charge on any atom is 0.407 e. The highest BCUT2D eigenvalue weighted by Crippen LogP contribution is 2.28. The van der Waals surface area contributed by atoms with Gasteiger partial charge < -0.3 is 35.4 Å². The molecule has 0 bridgehead atoms. The number of aromatic nitrogens is 4. The van der Waals surface area contributed by atoms with Gasteiger partial charge in [-0.05, 0) is 101 Å². The fourth-order valence-corrected chi connectivity index (χ4v) is 4.51. The highest BCUT2D eigenvalue weighted by molar-refractivity contribution is 5.87. The number of nitrogens with one attached hydrogen (secondary N) is 5. The summed E-state index contributed by atoms with van der Waals surface area (Å²) in [6.45, 7) is 8.42. The van der Waals surface area contributed by atoms with E-state index in [0.29, 0.717) is 13.2 Å². The maximum atomic E-state index is 11.7. The summed E-state index contributed by atoms with van der Waals surface area (Å²) in [5.41, 5.74) is 6.28. The summed E-state index contributed by atoms with van der Waals surface area (Å²) in [5.74, 6) is 2.41. The van der Waals surface area contributed by atoms with Gasteiger partial charge in [0, 0.05) is 36.4 Å². The number of ether oxygens (including phenoxy) is 2. The van der Waals surface area contributed by atoms with Gasteiger partial charge in [0.1, 0.15) is 23.0 Å². The topological polar surface area (TPSA) is 129 Å². The van der Waals surface area contributed by atoms with E-state index in [4.69, 9.17) is 19.4 Å². The molecule has 220 valence electrons. The average Bonchev–Trinajstić information content (AvgIpc) is 3.58. The number of unbranched alkanes of at least 4 members (excludes halogenated alkanes) is 1. The summed E-state index contributed by atoms with van der Waals surface area (Å²) in [6.07, 6.45) is 1.24. The van der Waals surface area contributed by atoms with Crippen LogP contribution in [-0.4, -0.2) is 64.9 Å². The van der Waals surface area contributed by atoms with E-state index in [9.17, 15) is 4.79 Å².